The predicted octanol–water partition coefficient (Wildman–Crippen LogP) is 3.41. The summed E-state index contributed by atoms with van der Waals surface area (Å²) in [7, 11) is 0. The molecule has 0 spiro atoms. The number of carbonyl (C=O) groups is 1. The first-order valence-electron chi connectivity index (χ1n) is 6.91. The van der Waals surface area contributed by atoms with Crippen LogP contribution in [0.5, 0.6) is 0 Å². The van der Waals surface area contributed by atoms with Crippen molar-refractivity contribution in [3.8, 4) is 0 Å². The van der Waals surface area contributed by atoms with E-state index in [0.29, 0.717) is 17.6 Å². The molecule has 6 nitrogen and oxygen atoms in total. The highest BCUT2D eigenvalue weighted by molar-refractivity contribution is 6.33. The molecule has 2 aromatic heterocycles. The Kier molecular flexibility index (Phi) is 4.46. The number of aromatic nitrogens is 4. The first kappa shape index (κ1) is 15.7. The summed E-state index contributed by atoms with van der Waals surface area (Å²) in [6.07, 6.45) is 2.89. The Morgan fingerprint density at radius 3 is 2.81 bits per heavy atom. The summed E-state index contributed by atoms with van der Waals surface area (Å²) >= 11 is 6.01. The Balaban J connectivity index is 2.01. The Bertz CT molecular complexity index is 646. The van der Waals surface area contributed by atoms with E-state index in [1.807, 2.05) is 0 Å². The summed E-state index contributed by atoms with van der Waals surface area (Å²) in [4.78, 5) is 27.1. The fourth-order valence-corrected chi connectivity index (χ4v) is 2.68. The summed E-state index contributed by atoms with van der Waals surface area (Å²) in [6.45, 7) is 8.55. The van der Waals surface area contributed by atoms with Gasteiger partial charge in [0.1, 0.15) is 5.52 Å². The predicted molar refractivity (Wildman–Crippen MR) is 83.2 cm³/mol. The van der Waals surface area contributed by atoms with Crippen LogP contribution in [-0.2, 0) is 4.79 Å². The zero-order valence-electron chi connectivity index (χ0n) is 12.7. The van der Waals surface area contributed by atoms with Gasteiger partial charge in [-0.25, -0.2) is 4.98 Å². The molecule has 0 aliphatic heterocycles. The van der Waals surface area contributed by atoms with Gasteiger partial charge >= 0.3 is 0 Å². The smallest absolute Gasteiger partial charge is 0.233 e. The number of hydrogen-bond donors (Lipinski definition) is 2. The van der Waals surface area contributed by atoms with Crippen LogP contribution in [0.1, 0.15) is 40.5 Å². The normalized spacial score (nSPS) is 13.4. The lowest BCUT2D eigenvalue weighted by atomic mass is 9.84. The Labute approximate surface area is 128 Å². The first-order chi connectivity index (χ1) is 9.74. The lowest BCUT2D eigenvalue weighted by molar-refractivity contribution is -0.117. The van der Waals surface area contributed by atoms with Crippen LogP contribution >= 0.6 is 11.6 Å². The van der Waals surface area contributed by atoms with Crippen LogP contribution in [0.3, 0.4) is 0 Å². The molecule has 0 bridgehead atoms. The van der Waals surface area contributed by atoms with Gasteiger partial charge in [-0.05, 0) is 17.8 Å². The maximum atomic E-state index is 12.0. The van der Waals surface area contributed by atoms with Gasteiger partial charge in [0.05, 0.1) is 6.33 Å². The molecule has 0 aromatic carbocycles. The summed E-state index contributed by atoms with van der Waals surface area (Å²) in [5.74, 6) is 0.361. The number of rotatable bonds is 4. The molecule has 7 heteroatoms. The van der Waals surface area contributed by atoms with Crippen molar-refractivity contribution in [3.63, 3.8) is 0 Å². The van der Waals surface area contributed by atoms with Gasteiger partial charge in [0.25, 0.3) is 0 Å². The van der Waals surface area contributed by atoms with Gasteiger partial charge in [-0.1, -0.05) is 39.3 Å². The van der Waals surface area contributed by atoms with Gasteiger partial charge in [0.2, 0.25) is 11.9 Å². The molecule has 114 valence electrons. The fourth-order valence-electron chi connectivity index (χ4n) is 2.46. The van der Waals surface area contributed by atoms with E-state index in [0.717, 1.165) is 6.42 Å². The number of amides is 1. The van der Waals surface area contributed by atoms with Crippen molar-refractivity contribution in [2.24, 2.45) is 11.3 Å². The highest BCUT2D eigenvalue weighted by Gasteiger charge is 2.18. The number of nitrogens with one attached hydrogen (secondary N) is 2. The summed E-state index contributed by atoms with van der Waals surface area (Å²) in [6, 6.07) is 0. The molecule has 1 unspecified atom stereocenters. The zero-order valence-corrected chi connectivity index (χ0v) is 13.5. The Morgan fingerprint density at radius 2 is 2.14 bits per heavy atom. The second-order valence-electron chi connectivity index (χ2n) is 6.56. The van der Waals surface area contributed by atoms with E-state index < -0.39 is 0 Å². The molecule has 0 aliphatic carbocycles. The fraction of sp³-hybridized carbons (Fsp3) is 0.571. The molecule has 1 amide bonds. The second kappa shape index (κ2) is 5.97. The average molecular weight is 310 g/mol. The number of imidazole rings is 1. The van der Waals surface area contributed by atoms with Crippen molar-refractivity contribution in [2.75, 3.05) is 5.32 Å². The highest BCUT2D eigenvalue weighted by Crippen LogP contribution is 2.26. The SMILES string of the molecule is CC(CC(=O)Nc1nc(Cl)c2[nH]cnc2n1)CC(C)(C)C. The van der Waals surface area contributed by atoms with Crippen LogP contribution in [0.4, 0.5) is 5.95 Å². The van der Waals surface area contributed by atoms with Gasteiger partial charge in [-0.3, -0.25) is 10.1 Å². The third-order valence-electron chi connectivity index (χ3n) is 2.99. The van der Waals surface area contributed by atoms with Crippen molar-refractivity contribution >= 4 is 34.6 Å². The van der Waals surface area contributed by atoms with Gasteiger partial charge < -0.3 is 4.98 Å². The third kappa shape index (κ3) is 4.39. The van der Waals surface area contributed by atoms with Crippen molar-refractivity contribution in [1.29, 1.82) is 0 Å². The van der Waals surface area contributed by atoms with Crippen LogP contribution in [0.15, 0.2) is 6.33 Å². The Morgan fingerprint density at radius 1 is 1.43 bits per heavy atom. The van der Waals surface area contributed by atoms with E-state index >= 15 is 0 Å². The molecule has 2 rings (SSSR count). The molecule has 0 radical (unpaired) electrons. The number of hydrogen-bond acceptors (Lipinski definition) is 4. The van der Waals surface area contributed by atoms with Crippen LogP contribution in [0.25, 0.3) is 11.2 Å². The van der Waals surface area contributed by atoms with Crippen molar-refractivity contribution < 1.29 is 4.79 Å². The number of nitrogens with zero attached hydrogens (tertiary/aromatic N) is 3. The van der Waals surface area contributed by atoms with E-state index in [4.69, 9.17) is 11.6 Å². The third-order valence-corrected chi connectivity index (χ3v) is 3.26. The van der Waals surface area contributed by atoms with Crippen molar-refractivity contribution in [3.05, 3.63) is 11.5 Å². The minimum Gasteiger partial charge on any atom is -0.341 e. The largest absolute Gasteiger partial charge is 0.341 e. The van der Waals surface area contributed by atoms with Crippen LogP contribution < -0.4 is 5.32 Å². The van der Waals surface area contributed by atoms with E-state index in [9.17, 15) is 4.79 Å². The molecule has 1 atom stereocenters. The van der Waals surface area contributed by atoms with Crippen LogP contribution in [-0.4, -0.2) is 25.8 Å². The highest BCUT2D eigenvalue weighted by atomic mass is 35.5. The van der Waals surface area contributed by atoms with Crippen molar-refractivity contribution in [2.45, 2.75) is 40.5 Å². The zero-order chi connectivity index (χ0) is 15.6. The minimum atomic E-state index is -0.113. The molecule has 0 saturated heterocycles. The quantitative estimate of drug-likeness (QED) is 0.848. The molecule has 0 saturated carbocycles. The van der Waals surface area contributed by atoms with Gasteiger partial charge in [0, 0.05) is 6.42 Å². The van der Waals surface area contributed by atoms with Gasteiger partial charge in [-0.2, -0.15) is 9.97 Å². The first-order valence-corrected chi connectivity index (χ1v) is 7.29. The molecule has 2 heterocycles. The Hall–Kier alpha value is -1.69. The standard InChI is InChI=1S/C14H20ClN5O/c1-8(6-14(2,3)4)5-9(21)18-13-19-11(15)10-12(20-13)17-7-16-10/h7-8H,5-6H2,1-4H3,(H2,16,17,18,19,20,21). The van der Waals surface area contributed by atoms with Crippen LogP contribution in [0.2, 0.25) is 5.15 Å². The number of H-pyrrole nitrogens is 1. The van der Waals surface area contributed by atoms with E-state index in [1.165, 1.54) is 6.33 Å². The topological polar surface area (TPSA) is 83.6 Å². The number of halogens is 1. The maximum absolute atomic E-state index is 12.0. The number of fused-ring (bicyclic) bond motifs is 1. The van der Waals surface area contributed by atoms with Crippen molar-refractivity contribution in [1.82, 2.24) is 19.9 Å². The second-order valence-corrected chi connectivity index (χ2v) is 6.92. The molecule has 0 aliphatic rings. The molecule has 21 heavy (non-hydrogen) atoms. The van der Waals surface area contributed by atoms with Gasteiger partial charge in [-0.15, -0.1) is 0 Å². The molecule has 2 N–H and O–H groups in total. The molecular weight excluding hydrogens is 290 g/mol. The van der Waals surface area contributed by atoms with Gasteiger partial charge in [0.15, 0.2) is 10.8 Å². The van der Waals surface area contributed by atoms with E-state index in [-0.39, 0.29) is 28.3 Å². The number of carbonyl (C=O) groups excluding carboxylic acids is 1. The lowest BCUT2D eigenvalue weighted by Crippen LogP contribution is -2.20. The monoisotopic (exact) mass is 309 g/mol. The minimum absolute atomic E-state index is 0.113. The summed E-state index contributed by atoms with van der Waals surface area (Å²) in [5, 5.41) is 2.93. The average Bonchev–Trinajstić information content (AvgIpc) is 2.73. The summed E-state index contributed by atoms with van der Waals surface area (Å²) in [5.41, 5.74) is 1.21. The number of aromatic amines is 1. The maximum Gasteiger partial charge on any atom is 0.233 e. The lowest BCUT2D eigenvalue weighted by Gasteiger charge is -2.22. The van der Waals surface area contributed by atoms with E-state index in [2.05, 4.69) is 52.9 Å². The molecule has 2 aromatic rings. The van der Waals surface area contributed by atoms with E-state index in [1.54, 1.807) is 0 Å². The molecule has 0 fully saturated rings. The van der Waals surface area contributed by atoms with Crippen LogP contribution in [0, 0.1) is 11.3 Å². The summed E-state index contributed by atoms with van der Waals surface area (Å²) < 4.78 is 0. The number of anilines is 1. The molecular formula is C14H20ClN5O.